The second-order valence-corrected chi connectivity index (χ2v) is 6.23. The summed E-state index contributed by atoms with van der Waals surface area (Å²) in [6.07, 6.45) is 0.697. The fourth-order valence-corrected chi connectivity index (χ4v) is 3.13. The first-order chi connectivity index (χ1) is 11.1. The molecule has 0 aliphatic carbocycles. The molecule has 6 heteroatoms. The number of nitrogens with zero attached hydrogens (tertiary/aromatic N) is 2. The summed E-state index contributed by atoms with van der Waals surface area (Å²) in [6.45, 7) is 1.76. The van der Waals surface area contributed by atoms with Gasteiger partial charge in [-0.3, -0.25) is 0 Å². The van der Waals surface area contributed by atoms with Crippen LogP contribution in [0.3, 0.4) is 0 Å². The van der Waals surface area contributed by atoms with Crippen LogP contribution in [0.25, 0.3) is 0 Å². The second kappa shape index (κ2) is 6.83. The van der Waals surface area contributed by atoms with Gasteiger partial charge < -0.3 is 5.32 Å². The number of hydrogen-bond acceptors (Lipinski definition) is 4. The number of benzene rings is 2. The van der Waals surface area contributed by atoms with Gasteiger partial charge in [-0.15, -0.1) is 10.2 Å². The maximum absolute atomic E-state index is 13.8. The molecule has 1 N–H and O–H groups in total. The Labute approximate surface area is 137 Å². The van der Waals surface area contributed by atoms with Gasteiger partial charge in [0.1, 0.15) is 5.01 Å². The molecule has 0 saturated carbocycles. The lowest BCUT2D eigenvalue weighted by Crippen LogP contribution is -2.09. The summed E-state index contributed by atoms with van der Waals surface area (Å²) >= 11 is 1.41. The summed E-state index contributed by atoms with van der Waals surface area (Å²) in [7, 11) is 0. The Morgan fingerprint density at radius 1 is 1.04 bits per heavy atom. The molecule has 3 aromatic rings. The minimum atomic E-state index is -0.849. The number of anilines is 1. The average Bonchev–Trinajstić information content (AvgIpc) is 2.98. The van der Waals surface area contributed by atoms with E-state index in [1.54, 1.807) is 13.0 Å². The Balaban J connectivity index is 1.70. The Morgan fingerprint density at radius 3 is 2.61 bits per heavy atom. The number of nitrogens with one attached hydrogen (secondary N) is 1. The first-order valence-corrected chi connectivity index (χ1v) is 8.02. The third-order valence-electron chi connectivity index (χ3n) is 3.45. The molecule has 0 bridgehead atoms. The van der Waals surface area contributed by atoms with E-state index >= 15 is 0 Å². The molecule has 0 aliphatic rings. The standard InChI is InChI=1S/C17H15F2N3S/c1-11(13-8-5-9-14(18)16(13)19)20-17-22-21-15(23-17)10-12-6-3-2-4-7-12/h2-9,11H,10H2,1H3,(H,20,22). The van der Waals surface area contributed by atoms with E-state index in [4.69, 9.17) is 0 Å². The summed E-state index contributed by atoms with van der Waals surface area (Å²) in [4.78, 5) is 0. The Kier molecular flexibility index (Phi) is 4.62. The van der Waals surface area contributed by atoms with Crippen LogP contribution in [0.4, 0.5) is 13.9 Å². The molecule has 0 saturated heterocycles. The lowest BCUT2D eigenvalue weighted by atomic mass is 10.1. The van der Waals surface area contributed by atoms with Crippen LogP contribution in [0.2, 0.25) is 0 Å². The van der Waals surface area contributed by atoms with E-state index in [0.29, 0.717) is 11.6 Å². The maximum atomic E-state index is 13.8. The highest BCUT2D eigenvalue weighted by Crippen LogP contribution is 2.25. The number of hydrogen-bond donors (Lipinski definition) is 1. The van der Waals surface area contributed by atoms with Gasteiger partial charge in [0.05, 0.1) is 6.04 Å². The molecule has 1 heterocycles. The molecule has 23 heavy (non-hydrogen) atoms. The third-order valence-corrected chi connectivity index (χ3v) is 4.31. The van der Waals surface area contributed by atoms with E-state index in [9.17, 15) is 8.78 Å². The highest BCUT2D eigenvalue weighted by atomic mass is 32.1. The zero-order valence-electron chi connectivity index (χ0n) is 12.5. The fourth-order valence-electron chi connectivity index (χ4n) is 2.27. The predicted octanol–water partition coefficient (Wildman–Crippen LogP) is 4.58. The van der Waals surface area contributed by atoms with Crippen molar-refractivity contribution < 1.29 is 8.78 Å². The molecule has 0 spiro atoms. The van der Waals surface area contributed by atoms with Crippen molar-refractivity contribution in [1.82, 2.24) is 10.2 Å². The van der Waals surface area contributed by atoms with E-state index in [2.05, 4.69) is 15.5 Å². The smallest absolute Gasteiger partial charge is 0.206 e. The zero-order valence-corrected chi connectivity index (χ0v) is 13.3. The van der Waals surface area contributed by atoms with Gasteiger partial charge in [0.15, 0.2) is 11.6 Å². The highest BCUT2D eigenvalue weighted by Gasteiger charge is 2.15. The molecule has 2 aromatic carbocycles. The van der Waals surface area contributed by atoms with E-state index < -0.39 is 17.7 Å². The fraction of sp³-hybridized carbons (Fsp3) is 0.176. The molecule has 0 amide bonds. The summed E-state index contributed by atoms with van der Waals surface area (Å²) in [6, 6.07) is 13.7. The zero-order chi connectivity index (χ0) is 16.2. The molecule has 3 nitrogen and oxygen atoms in total. The summed E-state index contributed by atoms with van der Waals surface area (Å²) in [5.41, 5.74) is 1.42. The predicted molar refractivity (Wildman–Crippen MR) is 87.6 cm³/mol. The summed E-state index contributed by atoms with van der Waals surface area (Å²) in [5, 5.41) is 12.7. The SMILES string of the molecule is CC(Nc1nnc(Cc2ccccc2)s1)c1cccc(F)c1F. The molecule has 1 aromatic heterocycles. The van der Waals surface area contributed by atoms with Gasteiger partial charge in [0.2, 0.25) is 5.13 Å². The molecule has 0 fully saturated rings. The van der Waals surface area contributed by atoms with Crippen molar-refractivity contribution in [3.8, 4) is 0 Å². The van der Waals surface area contributed by atoms with Crippen LogP contribution >= 0.6 is 11.3 Å². The van der Waals surface area contributed by atoms with E-state index in [-0.39, 0.29) is 5.56 Å². The van der Waals surface area contributed by atoms with Crippen LogP contribution in [0, 0.1) is 11.6 Å². The topological polar surface area (TPSA) is 37.8 Å². The molecule has 3 rings (SSSR count). The van der Waals surface area contributed by atoms with Crippen molar-refractivity contribution in [2.45, 2.75) is 19.4 Å². The van der Waals surface area contributed by atoms with Gasteiger partial charge in [-0.2, -0.15) is 0 Å². The first kappa shape index (κ1) is 15.6. The first-order valence-electron chi connectivity index (χ1n) is 7.20. The van der Waals surface area contributed by atoms with Crippen molar-refractivity contribution in [2.24, 2.45) is 0 Å². The molecule has 1 unspecified atom stereocenters. The largest absolute Gasteiger partial charge is 0.353 e. The quantitative estimate of drug-likeness (QED) is 0.743. The van der Waals surface area contributed by atoms with Crippen molar-refractivity contribution in [2.75, 3.05) is 5.32 Å². The normalized spacial score (nSPS) is 12.1. The van der Waals surface area contributed by atoms with Crippen molar-refractivity contribution in [3.63, 3.8) is 0 Å². The summed E-state index contributed by atoms with van der Waals surface area (Å²) in [5.74, 6) is -1.68. The number of rotatable bonds is 5. The van der Waals surface area contributed by atoms with Gasteiger partial charge >= 0.3 is 0 Å². The maximum Gasteiger partial charge on any atom is 0.206 e. The Hall–Kier alpha value is -2.34. The molecule has 118 valence electrons. The van der Waals surface area contributed by atoms with Crippen molar-refractivity contribution in [1.29, 1.82) is 0 Å². The monoisotopic (exact) mass is 331 g/mol. The van der Waals surface area contributed by atoms with Crippen LogP contribution in [-0.4, -0.2) is 10.2 Å². The average molecular weight is 331 g/mol. The molecular weight excluding hydrogens is 316 g/mol. The van der Waals surface area contributed by atoms with Crippen LogP contribution in [0.5, 0.6) is 0 Å². The van der Waals surface area contributed by atoms with Crippen LogP contribution < -0.4 is 5.32 Å². The molecular formula is C17H15F2N3S. The second-order valence-electron chi connectivity index (χ2n) is 5.17. The van der Waals surface area contributed by atoms with Gasteiger partial charge in [-0.25, -0.2) is 8.78 Å². The van der Waals surface area contributed by atoms with Crippen LogP contribution in [0.15, 0.2) is 48.5 Å². The highest BCUT2D eigenvalue weighted by molar-refractivity contribution is 7.15. The lowest BCUT2D eigenvalue weighted by Gasteiger charge is -2.13. The minimum Gasteiger partial charge on any atom is -0.353 e. The molecule has 1 atom stereocenters. The van der Waals surface area contributed by atoms with Crippen LogP contribution in [-0.2, 0) is 6.42 Å². The van der Waals surface area contributed by atoms with Crippen LogP contribution in [0.1, 0.15) is 29.1 Å². The molecule has 0 radical (unpaired) electrons. The van der Waals surface area contributed by atoms with Crippen molar-refractivity contribution >= 4 is 16.5 Å². The van der Waals surface area contributed by atoms with Gasteiger partial charge in [0.25, 0.3) is 0 Å². The van der Waals surface area contributed by atoms with E-state index in [0.717, 1.165) is 16.6 Å². The third kappa shape index (κ3) is 3.71. The van der Waals surface area contributed by atoms with Gasteiger partial charge in [-0.05, 0) is 18.6 Å². The molecule has 0 aliphatic heterocycles. The number of aromatic nitrogens is 2. The minimum absolute atomic E-state index is 0.268. The summed E-state index contributed by atoms with van der Waals surface area (Å²) < 4.78 is 27.1. The van der Waals surface area contributed by atoms with E-state index in [1.165, 1.54) is 17.4 Å². The Bertz CT molecular complexity index is 790. The Morgan fingerprint density at radius 2 is 1.83 bits per heavy atom. The van der Waals surface area contributed by atoms with E-state index in [1.807, 2.05) is 30.3 Å². The van der Waals surface area contributed by atoms with Gasteiger partial charge in [-0.1, -0.05) is 53.8 Å². The lowest BCUT2D eigenvalue weighted by molar-refractivity contribution is 0.494. The number of halogens is 2. The van der Waals surface area contributed by atoms with Crippen molar-refractivity contribution in [3.05, 3.63) is 76.3 Å². The van der Waals surface area contributed by atoms with Gasteiger partial charge in [0, 0.05) is 12.0 Å².